The van der Waals surface area contributed by atoms with Gasteiger partial charge < -0.3 is 43.7 Å². The van der Waals surface area contributed by atoms with Gasteiger partial charge in [0.1, 0.15) is 59.5 Å². The predicted molar refractivity (Wildman–Crippen MR) is 239 cm³/mol. The summed E-state index contributed by atoms with van der Waals surface area (Å²) in [5, 5.41) is 25.4. The van der Waals surface area contributed by atoms with E-state index in [-0.39, 0.29) is 35.2 Å². The maximum absolute atomic E-state index is 12.7. The molecule has 9 atom stereocenters. The van der Waals surface area contributed by atoms with Crippen LogP contribution in [0.2, 0.25) is 0 Å². The van der Waals surface area contributed by atoms with Gasteiger partial charge in [-0.05, 0) is 62.8 Å². The number of rotatable bonds is 13. The normalized spacial score (nSPS) is 29.2. The average Bonchev–Trinajstić information content (AvgIpc) is 4.01. The lowest BCUT2D eigenvalue weighted by molar-refractivity contribution is -0.224. The third-order valence-electron chi connectivity index (χ3n) is 14.0. The highest BCUT2D eigenvalue weighted by Crippen LogP contribution is 2.68. The number of amides is 2. The lowest BCUT2D eigenvalue weighted by atomic mass is 9.88. The highest BCUT2D eigenvalue weighted by Gasteiger charge is 2.79. The molecule has 67 heavy (non-hydrogen) atoms. The Kier molecular flexibility index (Phi) is 10.9. The zero-order valence-electron chi connectivity index (χ0n) is 36.9. The minimum absolute atomic E-state index is 0.277. The molecular formula is C46H48N11O9P. The van der Waals surface area contributed by atoms with Gasteiger partial charge in [0.05, 0.1) is 31.8 Å². The molecule has 2 aromatic carbocycles. The van der Waals surface area contributed by atoms with Gasteiger partial charge in [-0.2, -0.15) is 5.26 Å². The lowest BCUT2D eigenvalue weighted by Gasteiger charge is -2.38. The number of aliphatic hydroxyl groups is 1. The molecule has 21 heteroatoms. The van der Waals surface area contributed by atoms with Gasteiger partial charge in [-0.25, -0.2) is 29.9 Å². The van der Waals surface area contributed by atoms with Gasteiger partial charge in [0.2, 0.25) is 0 Å². The minimum atomic E-state index is -1.23. The molecule has 346 valence electrons. The van der Waals surface area contributed by atoms with Crippen LogP contribution in [-0.4, -0.2) is 116 Å². The first kappa shape index (κ1) is 43.7. The van der Waals surface area contributed by atoms with Crippen molar-refractivity contribution >= 4 is 54.2 Å². The second kappa shape index (κ2) is 16.7. The topological polar surface area (TPSA) is 245 Å². The van der Waals surface area contributed by atoms with E-state index in [0.717, 1.165) is 25.7 Å². The Morgan fingerprint density at radius 1 is 0.746 bits per heavy atom. The van der Waals surface area contributed by atoms with E-state index in [0.29, 0.717) is 71.0 Å². The molecule has 4 aromatic heterocycles. The number of hydrogen-bond acceptors (Lipinski definition) is 16. The van der Waals surface area contributed by atoms with Crippen molar-refractivity contribution in [3.05, 3.63) is 97.1 Å². The molecule has 6 fully saturated rings. The van der Waals surface area contributed by atoms with E-state index in [2.05, 4.69) is 53.5 Å². The number of carbonyl (C=O) groups excluding carboxylic acids is 2. The van der Waals surface area contributed by atoms with Crippen molar-refractivity contribution < 1.29 is 42.7 Å². The molecule has 6 aromatic rings. The van der Waals surface area contributed by atoms with Crippen LogP contribution >= 0.6 is 8.38 Å². The average molecular weight is 930 g/mol. The number of nitriles is 1. The predicted octanol–water partition coefficient (Wildman–Crippen LogP) is 5.99. The Balaban J connectivity index is 0.000000151. The number of nitrogens with one attached hydrogen (secondary N) is 2. The molecule has 20 nitrogen and oxygen atoms in total. The fourth-order valence-electron chi connectivity index (χ4n) is 10.6. The molecule has 0 radical (unpaired) electrons. The van der Waals surface area contributed by atoms with E-state index in [1.165, 1.54) is 12.7 Å². The molecular weight excluding hydrogens is 882 g/mol. The van der Waals surface area contributed by atoms with E-state index < -0.39 is 44.2 Å². The molecule has 2 aliphatic carbocycles. The molecule has 2 amide bonds. The zero-order valence-corrected chi connectivity index (χ0v) is 37.8. The largest absolute Gasteiger partial charge is 0.387 e. The Morgan fingerprint density at radius 2 is 1.24 bits per heavy atom. The first-order valence-corrected chi connectivity index (χ1v) is 24.1. The second-order valence-corrected chi connectivity index (χ2v) is 18.9. The molecule has 8 heterocycles. The molecule has 12 rings (SSSR count). The summed E-state index contributed by atoms with van der Waals surface area (Å²) in [6.45, 7) is 6.32. The van der Waals surface area contributed by atoms with Crippen LogP contribution in [0.15, 0.2) is 86.0 Å². The number of ether oxygens (including phenoxy) is 4. The Labute approximate surface area is 385 Å². The highest BCUT2D eigenvalue weighted by molar-refractivity contribution is 7.46. The van der Waals surface area contributed by atoms with Crippen molar-refractivity contribution in [2.75, 3.05) is 23.9 Å². The summed E-state index contributed by atoms with van der Waals surface area (Å²) in [5.74, 6) is 0.0829. The van der Waals surface area contributed by atoms with E-state index in [9.17, 15) is 14.7 Å². The van der Waals surface area contributed by atoms with Crippen LogP contribution in [0.1, 0.15) is 92.0 Å². The van der Waals surface area contributed by atoms with Gasteiger partial charge in [0, 0.05) is 17.8 Å². The quantitative estimate of drug-likeness (QED) is 0.0889. The van der Waals surface area contributed by atoms with Crippen LogP contribution in [0.4, 0.5) is 11.6 Å². The minimum Gasteiger partial charge on any atom is -0.387 e. The summed E-state index contributed by atoms with van der Waals surface area (Å²) >= 11 is 0. The Morgan fingerprint density at radius 3 is 1.75 bits per heavy atom. The number of nitrogens with zero attached hydrogens (tertiary/aromatic N) is 9. The van der Waals surface area contributed by atoms with Crippen LogP contribution in [0.5, 0.6) is 0 Å². The lowest BCUT2D eigenvalue weighted by Crippen LogP contribution is -2.49. The van der Waals surface area contributed by atoms with Crippen molar-refractivity contribution in [1.82, 2.24) is 39.0 Å². The molecule has 4 aliphatic heterocycles. The van der Waals surface area contributed by atoms with Crippen LogP contribution in [0.3, 0.4) is 0 Å². The smallest absolute Gasteiger partial charge is 0.256 e. The third-order valence-corrected chi connectivity index (χ3v) is 15.1. The molecule has 6 aliphatic rings. The molecule has 2 spiro atoms. The van der Waals surface area contributed by atoms with E-state index >= 15 is 0 Å². The maximum Gasteiger partial charge on any atom is 0.256 e. The third kappa shape index (κ3) is 6.94. The summed E-state index contributed by atoms with van der Waals surface area (Å²) in [4.78, 5) is 51.5. The van der Waals surface area contributed by atoms with Crippen molar-refractivity contribution in [2.24, 2.45) is 0 Å². The summed E-state index contributed by atoms with van der Waals surface area (Å²) in [7, 11) is -1.23. The number of carbonyl (C=O) groups is 2. The Bertz CT molecular complexity index is 2890. The van der Waals surface area contributed by atoms with Gasteiger partial charge >= 0.3 is 0 Å². The fourth-order valence-corrected chi connectivity index (χ4v) is 11.6. The summed E-state index contributed by atoms with van der Waals surface area (Å²) < 4.78 is 41.9. The number of hydrogen-bond donors (Lipinski definition) is 3. The van der Waals surface area contributed by atoms with Crippen LogP contribution in [0, 0.1) is 11.3 Å². The molecule has 3 N–H and O–H groups in total. The number of anilines is 2. The van der Waals surface area contributed by atoms with Gasteiger partial charge in [0.25, 0.3) is 11.8 Å². The van der Waals surface area contributed by atoms with E-state index in [1.54, 1.807) is 65.8 Å². The van der Waals surface area contributed by atoms with Crippen molar-refractivity contribution in [1.29, 1.82) is 5.26 Å². The number of benzene rings is 2. The summed E-state index contributed by atoms with van der Waals surface area (Å²) in [5.41, 5.74) is 0.967. The number of aliphatic hydroxyl groups excluding tert-OH is 1. The van der Waals surface area contributed by atoms with Crippen molar-refractivity contribution in [2.45, 2.75) is 118 Å². The van der Waals surface area contributed by atoms with E-state index in [1.807, 2.05) is 30.3 Å². The molecule has 3 unspecified atom stereocenters. The first-order chi connectivity index (χ1) is 32.6. The van der Waals surface area contributed by atoms with Crippen LogP contribution in [0.25, 0.3) is 22.3 Å². The monoisotopic (exact) mass is 929 g/mol. The molecule has 4 saturated heterocycles. The standard InChI is InChI=1S/C25H27N6O5P.C21H21N5O4/c1-3-25-19(36-37(2)33-13-7-12-26)18(34-24(25)10-11-24)23(35-25)31-15-29-17-20(27-14-28-21(17)31)30-22(32)16-8-5-4-6-9-16;1-2-21-15(27)14(29-20(21)8-9-20)19(30-21)26-11-24-13-16(22-10-23-17(13)26)25-18(28)12-6-4-3-5-7-12/h4-6,8-9,14-15,18-19,23H,3,7,10-11,13H2,1-2H3,(H,27,28,30,32);3-7,10-11,14-15,19,27H,2,8-9H2,1H3,(H,22,23,25,28)/t18-,19?,23+,25+,37?;14-,15?,19+,21+/m00/s1. The number of fused-ring (bicyclic) bond motifs is 8. The zero-order chi connectivity index (χ0) is 46.1. The van der Waals surface area contributed by atoms with Crippen LogP contribution < -0.4 is 10.6 Å². The van der Waals surface area contributed by atoms with Gasteiger partial charge in [-0.1, -0.05) is 50.2 Å². The first-order valence-electron chi connectivity index (χ1n) is 22.5. The van der Waals surface area contributed by atoms with Crippen LogP contribution in [-0.2, 0) is 28.0 Å². The number of aromatic nitrogens is 8. The van der Waals surface area contributed by atoms with Gasteiger partial charge in [0.15, 0.2) is 54.8 Å². The van der Waals surface area contributed by atoms with Gasteiger partial charge in [-0.15, -0.1) is 0 Å². The SMILES string of the molecule is CC[C@]12O[C@@H](n3cnc4c(NC(=O)c5ccccc5)ncnc43)[C@@H](OC13CC3)C2O.CC[C@]12O[C@@H](n3cnc4c(NC(=O)c5ccccc5)ncnc43)[C@@H](OC13CC3)C2OP(C)OCCC#N. The molecule has 4 bridgehead atoms. The number of imidazole rings is 2. The van der Waals surface area contributed by atoms with Gasteiger partial charge in [-0.3, -0.25) is 18.7 Å². The maximum atomic E-state index is 12.7. The van der Waals surface area contributed by atoms with E-state index in [4.69, 9.17) is 33.3 Å². The fraction of sp³-hybridized carbons (Fsp3) is 0.457. The molecule has 2 saturated carbocycles. The Hall–Kier alpha value is -5.88. The van der Waals surface area contributed by atoms with Crippen molar-refractivity contribution in [3.8, 4) is 6.07 Å². The summed E-state index contributed by atoms with van der Waals surface area (Å²) in [6.07, 6.45) is 8.40. The van der Waals surface area contributed by atoms with Crippen molar-refractivity contribution in [3.63, 3.8) is 0 Å². The second-order valence-electron chi connectivity index (χ2n) is 17.5. The highest BCUT2D eigenvalue weighted by atomic mass is 31.2. The summed E-state index contributed by atoms with van der Waals surface area (Å²) in [6, 6.07) is 19.9.